The number of thioether (sulfide) groups is 1. The number of nitrogens with zero attached hydrogens (tertiary/aromatic N) is 3. The Hall–Kier alpha value is -2.18. The van der Waals surface area contributed by atoms with Crippen molar-refractivity contribution in [3.63, 3.8) is 0 Å². The summed E-state index contributed by atoms with van der Waals surface area (Å²) in [5, 5.41) is 11.2. The maximum Gasteiger partial charge on any atom is 0.167 e. The number of aliphatic hydroxyl groups excluding tert-OH is 1. The molecule has 0 spiro atoms. The van der Waals surface area contributed by atoms with Crippen LogP contribution in [-0.2, 0) is 19.4 Å². The van der Waals surface area contributed by atoms with Gasteiger partial charge in [-0.1, -0.05) is 51.6 Å². The first kappa shape index (κ1) is 21.5. The third kappa shape index (κ3) is 4.54. The average molecular weight is 414 g/mol. The van der Waals surface area contributed by atoms with E-state index in [1.54, 1.807) is 30.1 Å². The van der Waals surface area contributed by atoms with E-state index < -0.39 is 0 Å². The number of hydrogen-bond acceptors (Lipinski definition) is 4. The Morgan fingerprint density at radius 2 is 1.66 bits per heavy atom. The number of pyridine rings is 1. The normalized spacial score (nSPS) is 11.6. The molecule has 0 saturated heterocycles. The summed E-state index contributed by atoms with van der Waals surface area (Å²) in [6, 6.07) is 6.51. The fraction of sp³-hybridized carbons (Fsp3) is 0.391. The molecule has 0 bridgehead atoms. The lowest BCUT2D eigenvalue weighted by molar-refractivity contribution is 0.279. The fourth-order valence-electron chi connectivity index (χ4n) is 3.56. The number of aromatic nitrogens is 3. The van der Waals surface area contributed by atoms with Crippen LogP contribution in [0.4, 0.5) is 4.39 Å². The maximum absolute atomic E-state index is 13.6. The van der Waals surface area contributed by atoms with Crippen molar-refractivity contribution in [2.45, 2.75) is 57.0 Å². The lowest BCUT2D eigenvalue weighted by atomic mass is 9.88. The molecule has 0 aliphatic carbocycles. The molecule has 1 N–H and O–H groups in total. The SMILES string of the molecule is CC(C)c1nc(C(C)C)c(CSc2nccn2C)c(-c2ccc(F)cc2)c1CO. The Morgan fingerprint density at radius 3 is 2.17 bits per heavy atom. The Bertz CT molecular complexity index is 981. The van der Waals surface area contributed by atoms with Gasteiger partial charge in [-0.2, -0.15) is 0 Å². The van der Waals surface area contributed by atoms with Gasteiger partial charge in [-0.3, -0.25) is 4.98 Å². The second-order valence-corrected chi connectivity index (χ2v) is 8.74. The van der Waals surface area contributed by atoms with Crippen LogP contribution >= 0.6 is 11.8 Å². The molecule has 0 amide bonds. The zero-order chi connectivity index (χ0) is 21.1. The van der Waals surface area contributed by atoms with Crippen molar-refractivity contribution in [2.75, 3.05) is 0 Å². The van der Waals surface area contributed by atoms with Crippen molar-refractivity contribution < 1.29 is 9.50 Å². The molecular weight excluding hydrogens is 385 g/mol. The van der Waals surface area contributed by atoms with E-state index in [0.717, 1.165) is 38.8 Å². The van der Waals surface area contributed by atoms with Crippen molar-refractivity contribution >= 4 is 11.8 Å². The topological polar surface area (TPSA) is 50.9 Å². The predicted molar refractivity (Wildman–Crippen MR) is 117 cm³/mol. The Balaban J connectivity index is 2.24. The Kier molecular flexibility index (Phi) is 6.75. The van der Waals surface area contributed by atoms with Crippen molar-refractivity contribution in [3.05, 3.63) is 65.0 Å². The van der Waals surface area contributed by atoms with Crippen LogP contribution in [0.3, 0.4) is 0 Å². The van der Waals surface area contributed by atoms with Crippen molar-refractivity contribution in [3.8, 4) is 11.1 Å². The van der Waals surface area contributed by atoms with Crippen LogP contribution in [0.25, 0.3) is 11.1 Å². The molecule has 0 aliphatic rings. The Labute approximate surface area is 176 Å². The van der Waals surface area contributed by atoms with E-state index in [-0.39, 0.29) is 24.3 Å². The third-order valence-corrected chi connectivity index (χ3v) is 6.05. The van der Waals surface area contributed by atoms with Crippen LogP contribution in [0.5, 0.6) is 0 Å². The zero-order valence-corrected chi connectivity index (χ0v) is 18.4. The first-order valence-electron chi connectivity index (χ1n) is 9.85. The smallest absolute Gasteiger partial charge is 0.167 e. The zero-order valence-electron chi connectivity index (χ0n) is 17.6. The summed E-state index contributed by atoms with van der Waals surface area (Å²) < 4.78 is 15.6. The number of rotatable bonds is 7. The maximum atomic E-state index is 13.6. The third-order valence-electron chi connectivity index (χ3n) is 4.97. The molecule has 154 valence electrons. The van der Waals surface area contributed by atoms with Crippen molar-refractivity contribution in [1.29, 1.82) is 0 Å². The van der Waals surface area contributed by atoms with Crippen molar-refractivity contribution in [2.24, 2.45) is 7.05 Å². The van der Waals surface area contributed by atoms with Gasteiger partial charge in [0.15, 0.2) is 5.16 Å². The molecule has 0 unspecified atom stereocenters. The summed E-state index contributed by atoms with van der Waals surface area (Å²) in [7, 11) is 1.97. The molecular formula is C23H28FN3OS. The molecule has 4 nitrogen and oxygen atoms in total. The molecule has 0 saturated carbocycles. The molecule has 3 rings (SSSR count). The summed E-state index contributed by atoms with van der Waals surface area (Å²) in [5.74, 6) is 0.788. The van der Waals surface area contributed by atoms with E-state index in [1.165, 1.54) is 12.1 Å². The highest BCUT2D eigenvalue weighted by molar-refractivity contribution is 7.98. The molecule has 6 heteroatoms. The molecule has 1 aromatic carbocycles. The van der Waals surface area contributed by atoms with Gasteiger partial charge in [0.05, 0.1) is 6.61 Å². The quantitative estimate of drug-likeness (QED) is 0.508. The molecule has 0 fully saturated rings. The van der Waals surface area contributed by atoms with Gasteiger partial charge >= 0.3 is 0 Å². The minimum Gasteiger partial charge on any atom is -0.392 e. The number of halogens is 1. The molecule has 29 heavy (non-hydrogen) atoms. The van der Waals surface area contributed by atoms with Gasteiger partial charge in [-0.05, 0) is 40.7 Å². The van der Waals surface area contributed by atoms with Crippen LogP contribution in [0.15, 0.2) is 41.8 Å². The predicted octanol–water partition coefficient (Wildman–Crippen LogP) is 5.65. The largest absolute Gasteiger partial charge is 0.392 e. The lowest BCUT2D eigenvalue weighted by Gasteiger charge is -2.24. The van der Waals surface area contributed by atoms with E-state index >= 15 is 0 Å². The van der Waals surface area contributed by atoms with E-state index in [0.29, 0.717) is 5.75 Å². The van der Waals surface area contributed by atoms with Gasteiger partial charge in [0, 0.05) is 42.1 Å². The Morgan fingerprint density at radius 1 is 1.03 bits per heavy atom. The number of imidazole rings is 1. The summed E-state index contributed by atoms with van der Waals surface area (Å²) in [5.41, 5.74) is 5.70. The first-order chi connectivity index (χ1) is 13.8. The van der Waals surface area contributed by atoms with Gasteiger partial charge in [0.25, 0.3) is 0 Å². The van der Waals surface area contributed by atoms with E-state index in [4.69, 9.17) is 4.98 Å². The van der Waals surface area contributed by atoms with Gasteiger partial charge < -0.3 is 9.67 Å². The average Bonchev–Trinajstić information content (AvgIpc) is 3.10. The van der Waals surface area contributed by atoms with Crippen LogP contribution in [-0.4, -0.2) is 19.6 Å². The molecule has 0 radical (unpaired) electrons. The number of hydrogen-bond donors (Lipinski definition) is 1. The minimum absolute atomic E-state index is 0.105. The van der Waals surface area contributed by atoms with E-state index in [2.05, 4.69) is 32.7 Å². The monoisotopic (exact) mass is 413 g/mol. The number of aryl methyl sites for hydroxylation is 1. The van der Waals surface area contributed by atoms with E-state index in [9.17, 15) is 9.50 Å². The highest BCUT2D eigenvalue weighted by atomic mass is 32.2. The second-order valence-electron chi connectivity index (χ2n) is 7.80. The molecule has 2 heterocycles. The first-order valence-corrected chi connectivity index (χ1v) is 10.8. The van der Waals surface area contributed by atoms with E-state index in [1.807, 2.05) is 17.8 Å². The van der Waals surface area contributed by atoms with Gasteiger partial charge in [-0.25, -0.2) is 9.37 Å². The van der Waals surface area contributed by atoms with Crippen LogP contribution in [0.1, 0.15) is 62.0 Å². The fourth-order valence-corrected chi connectivity index (χ4v) is 4.52. The molecule has 0 aliphatic heterocycles. The summed E-state index contributed by atoms with van der Waals surface area (Å²) in [4.78, 5) is 9.41. The molecule has 0 atom stereocenters. The van der Waals surface area contributed by atoms with Crippen LogP contribution in [0, 0.1) is 5.82 Å². The highest BCUT2D eigenvalue weighted by Gasteiger charge is 2.23. The van der Waals surface area contributed by atoms with Gasteiger partial charge in [-0.15, -0.1) is 0 Å². The minimum atomic E-state index is -0.273. The van der Waals surface area contributed by atoms with Crippen molar-refractivity contribution in [1.82, 2.24) is 14.5 Å². The summed E-state index contributed by atoms with van der Waals surface area (Å²) in [6.07, 6.45) is 3.71. The molecule has 3 aromatic rings. The van der Waals surface area contributed by atoms with Gasteiger partial charge in [0.1, 0.15) is 5.82 Å². The summed E-state index contributed by atoms with van der Waals surface area (Å²) in [6.45, 7) is 8.33. The van der Waals surface area contributed by atoms with Crippen LogP contribution in [0.2, 0.25) is 0 Å². The number of benzene rings is 1. The molecule has 2 aromatic heterocycles. The van der Waals surface area contributed by atoms with Crippen LogP contribution < -0.4 is 0 Å². The summed E-state index contributed by atoms with van der Waals surface area (Å²) >= 11 is 1.64. The lowest BCUT2D eigenvalue weighted by Crippen LogP contribution is -2.12. The second kappa shape index (κ2) is 9.09. The standard InChI is InChI=1S/C23H28FN3OS/c1-14(2)21-18(12-28)20(16-6-8-17(24)9-7-16)19(22(26-21)15(3)4)13-29-23-25-10-11-27(23)5/h6-11,14-15,28H,12-13H2,1-5H3. The van der Waals surface area contributed by atoms with Gasteiger partial charge in [0.2, 0.25) is 0 Å². The number of aliphatic hydroxyl groups is 1. The highest BCUT2D eigenvalue weighted by Crippen LogP contribution is 2.39.